The maximum absolute atomic E-state index is 12.7. The summed E-state index contributed by atoms with van der Waals surface area (Å²) in [6.07, 6.45) is 3.44. The van der Waals surface area contributed by atoms with Gasteiger partial charge in [-0.25, -0.2) is 8.42 Å². The standard InChI is InChI=1S/C18H22N4O4S3/c1-4-15(23)22(14-9-10-14)17-19-20-18(28-17)27-11(2)16(24)12-5-7-13(8-6-12)21-29(3,25)26/h5-8,11,14,21H,4,9-10H2,1-3H3. The zero-order chi connectivity index (χ0) is 21.2. The van der Waals surface area contributed by atoms with Crippen LogP contribution in [0.4, 0.5) is 10.8 Å². The summed E-state index contributed by atoms with van der Waals surface area (Å²) in [7, 11) is -3.36. The molecule has 1 fully saturated rings. The lowest BCUT2D eigenvalue weighted by Crippen LogP contribution is -2.32. The largest absolute Gasteiger partial charge is 0.293 e. The third-order valence-electron chi connectivity index (χ3n) is 4.20. The molecule has 3 rings (SSSR count). The molecule has 156 valence electrons. The van der Waals surface area contributed by atoms with Crippen molar-refractivity contribution in [3.05, 3.63) is 29.8 Å². The lowest BCUT2D eigenvalue weighted by molar-refractivity contribution is -0.118. The highest BCUT2D eigenvalue weighted by Crippen LogP contribution is 2.37. The van der Waals surface area contributed by atoms with E-state index < -0.39 is 15.3 Å². The van der Waals surface area contributed by atoms with Gasteiger partial charge in [-0.2, -0.15) is 0 Å². The Hall–Kier alpha value is -1.98. The molecular formula is C18H22N4O4S3. The Morgan fingerprint density at radius 3 is 2.48 bits per heavy atom. The molecule has 1 saturated carbocycles. The van der Waals surface area contributed by atoms with E-state index in [4.69, 9.17) is 0 Å². The summed E-state index contributed by atoms with van der Waals surface area (Å²) >= 11 is 2.62. The number of carbonyl (C=O) groups excluding carboxylic acids is 2. The van der Waals surface area contributed by atoms with Crippen molar-refractivity contribution in [1.82, 2.24) is 10.2 Å². The number of hydrogen-bond donors (Lipinski definition) is 1. The van der Waals surface area contributed by atoms with E-state index in [9.17, 15) is 18.0 Å². The van der Waals surface area contributed by atoms with Crippen molar-refractivity contribution in [2.45, 2.75) is 48.7 Å². The molecule has 0 bridgehead atoms. The third-order valence-corrected chi connectivity index (χ3v) is 6.92. The summed E-state index contributed by atoms with van der Waals surface area (Å²) < 4.78 is 25.5. The van der Waals surface area contributed by atoms with Crippen molar-refractivity contribution >= 4 is 55.6 Å². The van der Waals surface area contributed by atoms with Crippen molar-refractivity contribution < 1.29 is 18.0 Å². The minimum atomic E-state index is -3.36. The summed E-state index contributed by atoms with van der Waals surface area (Å²) in [6, 6.07) is 6.50. The number of anilines is 2. The Bertz CT molecular complexity index is 1000. The van der Waals surface area contributed by atoms with Crippen LogP contribution in [-0.4, -0.2) is 47.9 Å². The smallest absolute Gasteiger partial charge is 0.229 e. The molecule has 0 spiro atoms. The van der Waals surface area contributed by atoms with Gasteiger partial charge in [0.05, 0.1) is 11.5 Å². The fourth-order valence-corrected chi connectivity index (χ4v) is 5.39. The van der Waals surface area contributed by atoms with Crippen molar-refractivity contribution in [3.63, 3.8) is 0 Å². The SMILES string of the molecule is CCC(=O)N(c1nnc(SC(C)C(=O)c2ccc(NS(C)(=O)=O)cc2)s1)C1CC1. The maximum Gasteiger partial charge on any atom is 0.229 e. The van der Waals surface area contributed by atoms with Gasteiger partial charge in [-0.05, 0) is 44.0 Å². The van der Waals surface area contributed by atoms with Crippen LogP contribution < -0.4 is 9.62 Å². The molecule has 11 heteroatoms. The number of benzene rings is 1. The molecular weight excluding hydrogens is 432 g/mol. The summed E-state index contributed by atoms with van der Waals surface area (Å²) in [5.41, 5.74) is 0.883. The number of Topliss-reactive ketones (excluding diaryl/α,β-unsaturated/α-hetero) is 1. The molecule has 1 aromatic heterocycles. The van der Waals surface area contributed by atoms with Crippen LogP contribution >= 0.6 is 23.1 Å². The van der Waals surface area contributed by atoms with Crippen LogP contribution in [-0.2, 0) is 14.8 Å². The highest BCUT2D eigenvalue weighted by Gasteiger charge is 2.35. The van der Waals surface area contributed by atoms with E-state index in [0.717, 1.165) is 19.1 Å². The number of rotatable bonds is 9. The van der Waals surface area contributed by atoms with Crippen LogP contribution in [0.3, 0.4) is 0 Å². The molecule has 1 heterocycles. The van der Waals surface area contributed by atoms with Crippen LogP contribution in [0.15, 0.2) is 28.6 Å². The van der Waals surface area contributed by atoms with Gasteiger partial charge in [0.1, 0.15) is 0 Å². The monoisotopic (exact) mass is 454 g/mol. The van der Waals surface area contributed by atoms with Crippen molar-refractivity contribution in [2.75, 3.05) is 15.9 Å². The molecule has 1 N–H and O–H groups in total. The number of ketones is 1. The number of amides is 1. The first-order chi connectivity index (χ1) is 13.7. The van der Waals surface area contributed by atoms with E-state index in [1.165, 1.54) is 23.1 Å². The predicted octanol–water partition coefficient (Wildman–Crippen LogP) is 3.18. The second-order valence-corrected chi connectivity index (χ2v) is 11.1. The molecule has 0 radical (unpaired) electrons. The second kappa shape index (κ2) is 8.80. The Labute approximate surface area is 178 Å². The van der Waals surface area contributed by atoms with Gasteiger partial charge >= 0.3 is 0 Å². The first-order valence-electron chi connectivity index (χ1n) is 9.12. The van der Waals surface area contributed by atoms with Gasteiger partial charge in [-0.1, -0.05) is 30.0 Å². The van der Waals surface area contributed by atoms with E-state index in [2.05, 4.69) is 14.9 Å². The van der Waals surface area contributed by atoms with Crippen LogP contribution in [0.2, 0.25) is 0 Å². The Kier molecular flexibility index (Phi) is 6.59. The topological polar surface area (TPSA) is 109 Å². The number of aromatic nitrogens is 2. The molecule has 2 aromatic rings. The van der Waals surface area contributed by atoms with Crippen molar-refractivity contribution in [3.8, 4) is 0 Å². The Morgan fingerprint density at radius 1 is 1.28 bits per heavy atom. The van der Waals surface area contributed by atoms with Crippen LogP contribution in [0, 0.1) is 0 Å². The fraction of sp³-hybridized carbons (Fsp3) is 0.444. The van der Waals surface area contributed by atoms with E-state index >= 15 is 0 Å². The molecule has 29 heavy (non-hydrogen) atoms. The molecule has 1 aromatic carbocycles. The van der Waals surface area contributed by atoms with Gasteiger partial charge in [0, 0.05) is 23.7 Å². The summed E-state index contributed by atoms with van der Waals surface area (Å²) in [6.45, 7) is 3.61. The van der Waals surface area contributed by atoms with E-state index in [1.807, 2.05) is 6.92 Å². The van der Waals surface area contributed by atoms with Gasteiger partial charge in [0.15, 0.2) is 10.1 Å². The van der Waals surface area contributed by atoms with Gasteiger partial charge in [-0.15, -0.1) is 10.2 Å². The van der Waals surface area contributed by atoms with Crippen LogP contribution in [0.1, 0.15) is 43.5 Å². The minimum absolute atomic E-state index is 0.0344. The van der Waals surface area contributed by atoms with E-state index in [1.54, 1.807) is 36.1 Å². The number of nitrogens with one attached hydrogen (secondary N) is 1. The molecule has 1 aliphatic rings. The lowest BCUT2D eigenvalue weighted by atomic mass is 10.1. The number of hydrogen-bond acceptors (Lipinski definition) is 8. The summed E-state index contributed by atoms with van der Waals surface area (Å²) in [4.78, 5) is 26.6. The van der Waals surface area contributed by atoms with Gasteiger partial charge in [-0.3, -0.25) is 19.2 Å². The maximum atomic E-state index is 12.7. The number of sulfonamides is 1. The van der Waals surface area contributed by atoms with Crippen LogP contribution in [0.25, 0.3) is 0 Å². The molecule has 1 atom stereocenters. The number of thioether (sulfide) groups is 1. The predicted molar refractivity (Wildman–Crippen MR) is 115 cm³/mol. The van der Waals surface area contributed by atoms with Crippen molar-refractivity contribution in [1.29, 1.82) is 0 Å². The number of nitrogens with zero attached hydrogens (tertiary/aromatic N) is 3. The Balaban J connectivity index is 1.65. The van der Waals surface area contributed by atoms with Crippen molar-refractivity contribution in [2.24, 2.45) is 0 Å². The van der Waals surface area contributed by atoms with E-state index in [-0.39, 0.29) is 17.7 Å². The average Bonchev–Trinajstić information content (AvgIpc) is 3.39. The molecule has 1 amide bonds. The first-order valence-corrected chi connectivity index (χ1v) is 12.7. The quantitative estimate of drug-likeness (QED) is 0.352. The summed E-state index contributed by atoms with van der Waals surface area (Å²) in [5.74, 6) is -0.0616. The number of carbonyl (C=O) groups is 2. The van der Waals surface area contributed by atoms with Crippen LogP contribution in [0.5, 0.6) is 0 Å². The normalized spacial score (nSPS) is 15.0. The fourth-order valence-electron chi connectivity index (χ4n) is 2.67. The third kappa shape index (κ3) is 5.77. The molecule has 1 unspecified atom stereocenters. The minimum Gasteiger partial charge on any atom is -0.293 e. The molecule has 0 saturated heterocycles. The molecule has 1 aliphatic carbocycles. The summed E-state index contributed by atoms with van der Waals surface area (Å²) in [5, 5.41) is 8.48. The molecule has 8 nitrogen and oxygen atoms in total. The van der Waals surface area contributed by atoms with Gasteiger partial charge in [0.25, 0.3) is 0 Å². The van der Waals surface area contributed by atoms with Gasteiger partial charge < -0.3 is 0 Å². The highest BCUT2D eigenvalue weighted by molar-refractivity contribution is 8.02. The van der Waals surface area contributed by atoms with E-state index in [0.29, 0.717) is 27.1 Å². The Morgan fingerprint density at radius 2 is 1.93 bits per heavy atom. The zero-order valence-electron chi connectivity index (χ0n) is 16.3. The zero-order valence-corrected chi connectivity index (χ0v) is 18.7. The highest BCUT2D eigenvalue weighted by atomic mass is 32.2. The van der Waals surface area contributed by atoms with Gasteiger partial charge in [0.2, 0.25) is 21.1 Å². The second-order valence-electron chi connectivity index (χ2n) is 6.77. The first kappa shape index (κ1) is 21.7. The average molecular weight is 455 g/mol. The molecule has 0 aliphatic heterocycles. The lowest BCUT2D eigenvalue weighted by Gasteiger charge is -2.17.